The summed E-state index contributed by atoms with van der Waals surface area (Å²) in [6.07, 6.45) is -0.214. The topological polar surface area (TPSA) is 64.6 Å². The maximum absolute atomic E-state index is 12.1. The van der Waals surface area contributed by atoms with Crippen LogP contribution in [0.2, 0.25) is 5.02 Å². The third kappa shape index (κ3) is 6.47. The Morgan fingerprint density at radius 1 is 1.12 bits per heavy atom. The van der Waals surface area contributed by atoms with E-state index in [-0.39, 0.29) is 18.6 Å². The molecule has 1 N–H and O–H groups in total. The molecule has 0 heterocycles. The number of carbonyl (C=O) groups excluding carboxylic acids is 2. The first kappa shape index (κ1) is 18.8. The highest BCUT2D eigenvalue weighted by Crippen LogP contribution is 2.16. The molecule has 0 atom stereocenters. The van der Waals surface area contributed by atoms with Gasteiger partial charge in [-0.1, -0.05) is 29.8 Å². The molecule has 0 unspecified atom stereocenters. The summed E-state index contributed by atoms with van der Waals surface area (Å²) in [6, 6.07) is 14.1. The van der Waals surface area contributed by atoms with E-state index in [2.05, 4.69) is 5.32 Å². The summed E-state index contributed by atoms with van der Waals surface area (Å²) < 4.78 is 10.7. The lowest BCUT2D eigenvalue weighted by molar-refractivity contribution is -0.146. The Bertz CT molecular complexity index is 728. The van der Waals surface area contributed by atoms with Crippen LogP contribution in [0.4, 0.5) is 0 Å². The molecule has 0 saturated heterocycles. The summed E-state index contributed by atoms with van der Waals surface area (Å²) in [4.78, 5) is 23.6. The van der Waals surface area contributed by atoms with Gasteiger partial charge < -0.3 is 14.8 Å². The number of hydrogen-bond donors (Lipinski definition) is 1. The Morgan fingerprint density at radius 2 is 1.84 bits per heavy atom. The van der Waals surface area contributed by atoms with E-state index in [1.807, 2.05) is 12.1 Å². The van der Waals surface area contributed by atoms with Gasteiger partial charge in [-0.25, -0.2) is 0 Å². The van der Waals surface area contributed by atoms with Crippen LogP contribution in [0.1, 0.15) is 29.8 Å². The molecular weight excluding hydrogens is 342 g/mol. The van der Waals surface area contributed by atoms with Crippen molar-refractivity contribution in [2.75, 3.05) is 6.54 Å². The van der Waals surface area contributed by atoms with Gasteiger partial charge in [0.05, 0.1) is 6.10 Å². The number of benzene rings is 2. The van der Waals surface area contributed by atoms with E-state index < -0.39 is 5.97 Å². The van der Waals surface area contributed by atoms with E-state index in [0.29, 0.717) is 22.9 Å². The summed E-state index contributed by atoms with van der Waals surface area (Å²) in [5.74, 6) is -0.275. The third-order valence-electron chi connectivity index (χ3n) is 3.18. The molecule has 0 aliphatic heterocycles. The Morgan fingerprint density at radius 3 is 2.52 bits per heavy atom. The molecule has 2 rings (SSSR count). The van der Waals surface area contributed by atoms with Gasteiger partial charge in [0.2, 0.25) is 0 Å². The van der Waals surface area contributed by atoms with Gasteiger partial charge in [0, 0.05) is 10.6 Å². The van der Waals surface area contributed by atoms with Gasteiger partial charge >= 0.3 is 5.97 Å². The van der Waals surface area contributed by atoms with Crippen LogP contribution in [0.3, 0.4) is 0 Å². The van der Waals surface area contributed by atoms with Gasteiger partial charge in [-0.2, -0.15) is 0 Å². The van der Waals surface area contributed by atoms with Gasteiger partial charge in [0.15, 0.2) is 0 Å². The quantitative estimate of drug-likeness (QED) is 0.765. The van der Waals surface area contributed by atoms with Crippen molar-refractivity contribution < 1.29 is 19.1 Å². The minimum atomic E-state index is -0.474. The zero-order valence-corrected chi connectivity index (χ0v) is 14.9. The fourth-order valence-corrected chi connectivity index (χ4v) is 2.16. The lowest BCUT2D eigenvalue weighted by Crippen LogP contribution is -2.31. The predicted octanol–water partition coefficient (Wildman–Crippen LogP) is 3.60. The fourth-order valence-electron chi connectivity index (χ4n) is 2.03. The lowest BCUT2D eigenvalue weighted by atomic mass is 10.2. The van der Waals surface area contributed by atoms with Crippen molar-refractivity contribution in [3.63, 3.8) is 0 Å². The van der Waals surface area contributed by atoms with E-state index in [1.165, 1.54) is 0 Å². The first-order chi connectivity index (χ1) is 11.9. The second-order valence-electron chi connectivity index (χ2n) is 5.66. The van der Waals surface area contributed by atoms with Gasteiger partial charge in [0.25, 0.3) is 5.91 Å². The normalized spacial score (nSPS) is 10.4. The summed E-state index contributed by atoms with van der Waals surface area (Å²) in [7, 11) is 0. The summed E-state index contributed by atoms with van der Waals surface area (Å²) in [6.45, 7) is 3.69. The van der Waals surface area contributed by atoms with Gasteiger partial charge in [-0.05, 0) is 49.7 Å². The first-order valence-corrected chi connectivity index (χ1v) is 8.27. The maximum Gasteiger partial charge on any atom is 0.325 e. The Balaban J connectivity index is 1.90. The molecule has 2 aromatic rings. The molecule has 0 radical (unpaired) electrons. The SMILES string of the molecule is CC(C)OC(=O)CNC(=O)c1cccc(OCc2ccc(Cl)cc2)c1. The summed E-state index contributed by atoms with van der Waals surface area (Å²) in [5.41, 5.74) is 1.38. The molecule has 0 spiro atoms. The van der Waals surface area contributed by atoms with Crippen LogP contribution in [-0.2, 0) is 16.1 Å². The monoisotopic (exact) mass is 361 g/mol. The molecule has 0 bridgehead atoms. The number of esters is 1. The molecule has 2 aromatic carbocycles. The zero-order valence-electron chi connectivity index (χ0n) is 14.1. The van der Waals surface area contributed by atoms with Crippen LogP contribution >= 0.6 is 11.6 Å². The standard InChI is InChI=1S/C19H20ClNO4/c1-13(2)25-18(22)11-21-19(23)15-4-3-5-17(10-15)24-12-14-6-8-16(20)9-7-14/h3-10,13H,11-12H2,1-2H3,(H,21,23). The molecule has 6 heteroatoms. The molecule has 5 nitrogen and oxygen atoms in total. The number of ether oxygens (including phenoxy) is 2. The molecule has 0 fully saturated rings. The zero-order chi connectivity index (χ0) is 18.2. The summed E-state index contributed by atoms with van der Waals surface area (Å²) >= 11 is 5.85. The Hall–Kier alpha value is -2.53. The highest BCUT2D eigenvalue weighted by atomic mass is 35.5. The number of amides is 1. The van der Waals surface area contributed by atoms with Crippen molar-refractivity contribution in [3.8, 4) is 5.75 Å². The molecule has 25 heavy (non-hydrogen) atoms. The van der Waals surface area contributed by atoms with E-state index >= 15 is 0 Å². The van der Waals surface area contributed by atoms with E-state index in [4.69, 9.17) is 21.1 Å². The van der Waals surface area contributed by atoms with Gasteiger partial charge in [0.1, 0.15) is 18.9 Å². The van der Waals surface area contributed by atoms with E-state index in [9.17, 15) is 9.59 Å². The first-order valence-electron chi connectivity index (χ1n) is 7.89. The van der Waals surface area contributed by atoms with Crippen molar-refractivity contribution in [1.82, 2.24) is 5.32 Å². The van der Waals surface area contributed by atoms with Crippen molar-refractivity contribution in [1.29, 1.82) is 0 Å². The van der Waals surface area contributed by atoms with Crippen molar-refractivity contribution in [2.24, 2.45) is 0 Å². The number of rotatable bonds is 7. The minimum Gasteiger partial charge on any atom is -0.489 e. The van der Waals surface area contributed by atoms with Gasteiger partial charge in [-0.3, -0.25) is 9.59 Å². The van der Waals surface area contributed by atoms with E-state index in [1.54, 1.807) is 50.2 Å². The molecule has 1 amide bonds. The van der Waals surface area contributed by atoms with Crippen molar-refractivity contribution in [3.05, 3.63) is 64.7 Å². The highest BCUT2D eigenvalue weighted by molar-refractivity contribution is 6.30. The number of hydrogen-bond acceptors (Lipinski definition) is 4. The van der Waals surface area contributed by atoms with Gasteiger partial charge in [-0.15, -0.1) is 0 Å². The van der Waals surface area contributed by atoms with Crippen LogP contribution in [0.5, 0.6) is 5.75 Å². The average Bonchev–Trinajstić information content (AvgIpc) is 2.59. The Labute approximate surface area is 151 Å². The molecule has 0 saturated carbocycles. The third-order valence-corrected chi connectivity index (χ3v) is 3.43. The predicted molar refractivity (Wildman–Crippen MR) is 95.8 cm³/mol. The largest absolute Gasteiger partial charge is 0.489 e. The van der Waals surface area contributed by atoms with Crippen LogP contribution in [0.25, 0.3) is 0 Å². The second-order valence-corrected chi connectivity index (χ2v) is 6.10. The highest BCUT2D eigenvalue weighted by Gasteiger charge is 2.10. The number of nitrogens with one attached hydrogen (secondary N) is 1. The van der Waals surface area contributed by atoms with Crippen LogP contribution in [0, 0.1) is 0 Å². The average molecular weight is 362 g/mol. The van der Waals surface area contributed by atoms with Crippen molar-refractivity contribution in [2.45, 2.75) is 26.6 Å². The molecule has 0 aliphatic rings. The maximum atomic E-state index is 12.1. The number of carbonyl (C=O) groups is 2. The summed E-state index contributed by atoms with van der Waals surface area (Å²) in [5, 5.41) is 3.19. The van der Waals surface area contributed by atoms with E-state index in [0.717, 1.165) is 5.56 Å². The molecule has 132 valence electrons. The Kier molecular flexibility index (Phi) is 6.83. The lowest BCUT2D eigenvalue weighted by Gasteiger charge is -2.10. The molecule has 0 aromatic heterocycles. The minimum absolute atomic E-state index is 0.174. The number of halogens is 1. The van der Waals surface area contributed by atoms with Crippen LogP contribution < -0.4 is 10.1 Å². The smallest absolute Gasteiger partial charge is 0.325 e. The fraction of sp³-hybridized carbons (Fsp3) is 0.263. The van der Waals surface area contributed by atoms with Crippen molar-refractivity contribution >= 4 is 23.5 Å². The second kappa shape index (κ2) is 9.08. The van der Waals surface area contributed by atoms with Crippen LogP contribution in [-0.4, -0.2) is 24.5 Å². The molecular formula is C19H20ClNO4. The van der Waals surface area contributed by atoms with Crippen LogP contribution in [0.15, 0.2) is 48.5 Å². The molecule has 0 aliphatic carbocycles.